The number of hydrogen-bond acceptors (Lipinski definition) is 6. The Morgan fingerprint density at radius 3 is 2.73 bits per heavy atom. The van der Waals surface area contributed by atoms with Crippen LogP contribution in [0.2, 0.25) is 0 Å². The van der Waals surface area contributed by atoms with E-state index in [1.807, 2.05) is 40.9 Å². The molecule has 30 heavy (non-hydrogen) atoms. The molecule has 0 aliphatic carbocycles. The summed E-state index contributed by atoms with van der Waals surface area (Å²) in [5, 5.41) is 10.6. The van der Waals surface area contributed by atoms with Gasteiger partial charge in [-0.15, -0.1) is 0 Å². The van der Waals surface area contributed by atoms with Crippen molar-refractivity contribution in [2.24, 2.45) is 0 Å². The SMILES string of the molecule is CCS(=O)(=O)c1cccc(N2C=C(Nc3cc(C)[nH]n3)n3cc(C(C)C)nc3C2)c1. The van der Waals surface area contributed by atoms with Gasteiger partial charge in [0.05, 0.1) is 22.9 Å². The van der Waals surface area contributed by atoms with E-state index in [1.165, 1.54) is 0 Å². The van der Waals surface area contributed by atoms with E-state index in [-0.39, 0.29) is 5.75 Å². The fourth-order valence-corrected chi connectivity index (χ4v) is 4.26. The zero-order valence-electron chi connectivity index (χ0n) is 17.5. The van der Waals surface area contributed by atoms with Crippen molar-refractivity contribution >= 4 is 27.2 Å². The molecule has 1 aliphatic heterocycles. The molecule has 4 rings (SSSR count). The van der Waals surface area contributed by atoms with E-state index < -0.39 is 9.84 Å². The monoisotopic (exact) mass is 426 g/mol. The smallest absolute Gasteiger partial charge is 0.178 e. The number of fused-ring (bicyclic) bond motifs is 1. The van der Waals surface area contributed by atoms with Crippen LogP contribution in [0.5, 0.6) is 0 Å². The fraction of sp³-hybridized carbons (Fsp3) is 0.333. The van der Waals surface area contributed by atoms with Crippen molar-refractivity contribution in [2.75, 3.05) is 16.0 Å². The summed E-state index contributed by atoms with van der Waals surface area (Å²) in [6.45, 7) is 8.35. The highest BCUT2D eigenvalue weighted by Crippen LogP contribution is 2.29. The number of aromatic nitrogens is 4. The van der Waals surface area contributed by atoms with Crippen LogP contribution in [-0.2, 0) is 16.4 Å². The lowest BCUT2D eigenvalue weighted by atomic mass is 10.2. The summed E-state index contributed by atoms with van der Waals surface area (Å²) in [5.74, 6) is 2.74. The Morgan fingerprint density at radius 2 is 2.07 bits per heavy atom. The molecule has 0 amide bonds. The predicted molar refractivity (Wildman–Crippen MR) is 118 cm³/mol. The number of nitrogens with one attached hydrogen (secondary N) is 2. The normalized spacial score (nSPS) is 14.0. The molecule has 3 heterocycles. The molecule has 2 aromatic heterocycles. The van der Waals surface area contributed by atoms with E-state index in [0.29, 0.717) is 23.2 Å². The van der Waals surface area contributed by atoms with Crippen LogP contribution < -0.4 is 10.2 Å². The number of aryl methyl sites for hydroxylation is 1. The largest absolute Gasteiger partial charge is 0.337 e. The molecule has 0 bridgehead atoms. The molecular weight excluding hydrogens is 400 g/mol. The zero-order chi connectivity index (χ0) is 21.5. The van der Waals surface area contributed by atoms with Crippen LogP contribution >= 0.6 is 0 Å². The Labute approximate surface area is 176 Å². The summed E-state index contributed by atoms with van der Waals surface area (Å²) in [7, 11) is -3.28. The molecule has 0 atom stereocenters. The number of rotatable bonds is 6. The summed E-state index contributed by atoms with van der Waals surface area (Å²) in [6.07, 6.45) is 3.99. The second-order valence-corrected chi connectivity index (χ2v) is 9.99. The highest BCUT2D eigenvalue weighted by molar-refractivity contribution is 7.91. The quantitative estimate of drug-likeness (QED) is 0.624. The van der Waals surface area contributed by atoms with Gasteiger partial charge in [-0.05, 0) is 31.0 Å². The summed E-state index contributed by atoms with van der Waals surface area (Å²) < 4.78 is 26.7. The molecule has 0 fully saturated rings. The van der Waals surface area contributed by atoms with E-state index in [1.54, 1.807) is 25.1 Å². The van der Waals surface area contributed by atoms with E-state index >= 15 is 0 Å². The zero-order valence-corrected chi connectivity index (χ0v) is 18.4. The molecule has 1 aromatic carbocycles. The number of sulfone groups is 1. The van der Waals surface area contributed by atoms with Crippen LogP contribution in [0.1, 0.15) is 43.9 Å². The minimum Gasteiger partial charge on any atom is -0.337 e. The predicted octanol–water partition coefficient (Wildman–Crippen LogP) is 3.72. The number of H-pyrrole nitrogens is 1. The second kappa shape index (κ2) is 7.64. The molecule has 158 valence electrons. The summed E-state index contributed by atoms with van der Waals surface area (Å²) >= 11 is 0. The van der Waals surface area contributed by atoms with Crippen LogP contribution in [0.3, 0.4) is 0 Å². The molecule has 0 unspecified atom stereocenters. The fourth-order valence-electron chi connectivity index (χ4n) is 3.34. The van der Waals surface area contributed by atoms with Crippen molar-refractivity contribution in [1.82, 2.24) is 19.7 Å². The number of anilines is 2. The van der Waals surface area contributed by atoms with Crippen molar-refractivity contribution in [3.05, 3.63) is 59.9 Å². The average Bonchev–Trinajstić information content (AvgIpc) is 3.34. The van der Waals surface area contributed by atoms with Crippen molar-refractivity contribution < 1.29 is 8.42 Å². The van der Waals surface area contributed by atoms with Crippen molar-refractivity contribution in [2.45, 2.75) is 45.1 Å². The second-order valence-electron chi connectivity index (χ2n) is 7.71. The molecule has 8 nitrogen and oxygen atoms in total. The third-order valence-electron chi connectivity index (χ3n) is 5.09. The van der Waals surface area contributed by atoms with E-state index in [9.17, 15) is 8.42 Å². The van der Waals surface area contributed by atoms with Gasteiger partial charge in [0.1, 0.15) is 11.6 Å². The average molecular weight is 427 g/mol. The van der Waals surface area contributed by atoms with Crippen molar-refractivity contribution in [1.29, 1.82) is 0 Å². The summed E-state index contributed by atoms with van der Waals surface area (Å²) in [4.78, 5) is 7.13. The van der Waals surface area contributed by atoms with Crippen molar-refractivity contribution in [3.63, 3.8) is 0 Å². The Hall–Kier alpha value is -3.07. The lowest BCUT2D eigenvalue weighted by molar-refractivity contribution is 0.597. The Morgan fingerprint density at radius 1 is 1.27 bits per heavy atom. The minimum absolute atomic E-state index is 0.0692. The van der Waals surface area contributed by atoms with Gasteiger partial charge in [-0.2, -0.15) is 5.10 Å². The number of hydrogen-bond donors (Lipinski definition) is 2. The maximum atomic E-state index is 12.3. The molecule has 0 saturated carbocycles. The van der Waals surface area contributed by atoms with E-state index in [2.05, 4.69) is 29.4 Å². The number of benzene rings is 1. The topological polar surface area (TPSA) is 95.9 Å². The molecule has 0 saturated heterocycles. The number of nitrogens with zero attached hydrogens (tertiary/aromatic N) is 4. The first-order valence-electron chi connectivity index (χ1n) is 9.95. The van der Waals surface area contributed by atoms with E-state index in [0.717, 1.165) is 28.7 Å². The number of imidazole rings is 1. The van der Waals surface area contributed by atoms with Gasteiger partial charge >= 0.3 is 0 Å². The van der Waals surface area contributed by atoms with Crippen LogP contribution in [0.4, 0.5) is 11.5 Å². The Bertz CT molecular complexity index is 1210. The molecule has 9 heteroatoms. The number of aromatic amines is 1. The van der Waals surface area contributed by atoms with Crippen LogP contribution in [-0.4, -0.2) is 33.9 Å². The van der Waals surface area contributed by atoms with Gasteiger partial charge in [0.2, 0.25) is 0 Å². The van der Waals surface area contributed by atoms with Gasteiger partial charge in [0.25, 0.3) is 0 Å². The van der Waals surface area contributed by atoms with Gasteiger partial charge in [0.15, 0.2) is 15.7 Å². The van der Waals surface area contributed by atoms with E-state index in [4.69, 9.17) is 4.98 Å². The highest BCUT2D eigenvalue weighted by atomic mass is 32.2. The first-order valence-corrected chi connectivity index (χ1v) is 11.6. The summed E-state index contributed by atoms with van der Waals surface area (Å²) in [5.41, 5.74) is 2.75. The third kappa shape index (κ3) is 3.85. The molecule has 0 radical (unpaired) electrons. The molecule has 1 aliphatic rings. The molecule has 0 spiro atoms. The maximum Gasteiger partial charge on any atom is 0.178 e. The first kappa shape index (κ1) is 20.2. The molecule has 2 N–H and O–H groups in total. The summed E-state index contributed by atoms with van der Waals surface area (Å²) in [6, 6.07) is 8.96. The Kier molecular flexibility index (Phi) is 5.15. The van der Waals surface area contributed by atoms with Gasteiger partial charge in [-0.25, -0.2) is 13.4 Å². The van der Waals surface area contributed by atoms with Gasteiger partial charge in [-0.1, -0.05) is 26.8 Å². The lowest BCUT2D eigenvalue weighted by Crippen LogP contribution is -2.27. The molecule has 3 aromatic rings. The Balaban J connectivity index is 1.76. The van der Waals surface area contributed by atoms with Gasteiger partial charge in [0, 0.05) is 29.8 Å². The van der Waals surface area contributed by atoms with Crippen LogP contribution in [0, 0.1) is 6.92 Å². The van der Waals surface area contributed by atoms with Crippen LogP contribution in [0.25, 0.3) is 5.82 Å². The molecular formula is C21H26N6O2S. The minimum atomic E-state index is -3.28. The first-order chi connectivity index (χ1) is 14.3. The van der Waals surface area contributed by atoms with Gasteiger partial charge in [-0.3, -0.25) is 9.67 Å². The maximum absolute atomic E-state index is 12.3. The lowest BCUT2D eigenvalue weighted by Gasteiger charge is -2.28. The van der Waals surface area contributed by atoms with Crippen molar-refractivity contribution in [3.8, 4) is 0 Å². The third-order valence-corrected chi connectivity index (χ3v) is 6.82. The van der Waals surface area contributed by atoms with Gasteiger partial charge < -0.3 is 10.2 Å². The van der Waals surface area contributed by atoms with Crippen LogP contribution in [0.15, 0.2) is 47.6 Å². The highest BCUT2D eigenvalue weighted by Gasteiger charge is 2.23. The standard InChI is InChI=1S/C21H26N6O2S/c1-5-30(28,29)17-8-6-7-16(10-17)26-12-20-22-18(14(2)3)11-27(20)21(13-26)23-19-9-15(4)24-25-19/h6-11,13-14H,5,12H2,1-4H3,(H2,23,24,25).